The van der Waals surface area contributed by atoms with E-state index in [2.05, 4.69) is 68.6 Å². The molecule has 1 aliphatic rings. The maximum absolute atomic E-state index is 5.88. The average Bonchev–Trinajstić information content (AvgIpc) is 3.52. The first-order valence-electron chi connectivity index (χ1n) is 11.3. The van der Waals surface area contributed by atoms with E-state index in [-0.39, 0.29) is 0 Å². The smallest absolute Gasteiger partial charge is 0.119 e. The predicted octanol–water partition coefficient (Wildman–Crippen LogP) is 4.94. The molecule has 0 spiro atoms. The van der Waals surface area contributed by atoms with Gasteiger partial charge >= 0.3 is 0 Å². The van der Waals surface area contributed by atoms with Gasteiger partial charge in [0, 0.05) is 31.3 Å². The number of benzene rings is 2. The van der Waals surface area contributed by atoms with Crippen molar-refractivity contribution in [3.05, 3.63) is 83.3 Å². The highest BCUT2D eigenvalue weighted by atomic mass is 16.5. The molecule has 0 atom stereocenters. The Hall–Kier alpha value is -3.61. The summed E-state index contributed by atoms with van der Waals surface area (Å²) in [4.78, 5) is 5.61. The molecule has 168 valence electrons. The van der Waals surface area contributed by atoms with Gasteiger partial charge in [0.1, 0.15) is 12.4 Å². The number of rotatable bonds is 8. The van der Waals surface area contributed by atoms with Gasteiger partial charge in [-0.25, -0.2) is 0 Å². The van der Waals surface area contributed by atoms with Crippen molar-refractivity contribution in [2.75, 3.05) is 39.5 Å². The fourth-order valence-electron chi connectivity index (χ4n) is 3.85. The van der Waals surface area contributed by atoms with Crippen molar-refractivity contribution in [3.63, 3.8) is 0 Å². The van der Waals surface area contributed by atoms with Crippen LogP contribution in [-0.2, 0) is 4.74 Å². The molecule has 2 aromatic heterocycles. The lowest BCUT2D eigenvalue weighted by atomic mass is 10.1. The molecule has 0 amide bonds. The fraction of sp³-hybridized carbons (Fsp3) is 0.222. The number of nitrogens with one attached hydrogen (secondary N) is 2. The number of hydrogen-bond donors (Lipinski definition) is 2. The molecule has 33 heavy (non-hydrogen) atoms. The molecule has 4 aromatic rings. The van der Waals surface area contributed by atoms with Crippen LogP contribution in [0.1, 0.15) is 22.5 Å². The van der Waals surface area contributed by atoms with E-state index in [0.717, 1.165) is 66.6 Å². The summed E-state index contributed by atoms with van der Waals surface area (Å²) in [5.41, 5.74) is 5.24. The van der Waals surface area contributed by atoms with Crippen molar-refractivity contribution in [3.8, 4) is 5.75 Å². The van der Waals surface area contributed by atoms with Crippen LogP contribution < -0.4 is 4.74 Å². The van der Waals surface area contributed by atoms with Gasteiger partial charge in [-0.3, -0.25) is 10.00 Å². The van der Waals surface area contributed by atoms with Gasteiger partial charge in [0.05, 0.1) is 24.6 Å². The Morgan fingerprint density at radius 1 is 0.909 bits per heavy atom. The third-order valence-corrected chi connectivity index (χ3v) is 5.76. The Morgan fingerprint density at radius 3 is 2.61 bits per heavy atom. The zero-order valence-electron chi connectivity index (χ0n) is 18.5. The Labute approximate surface area is 193 Å². The number of hydrogen-bond acceptors (Lipinski definition) is 4. The van der Waals surface area contributed by atoms with E-state index in [1.165, 1.54) is 5.39 Å². The summed E-state index contributed by atoms with van der Waals surface area (Å²) in [6.07, 6.45) is 10.1. The zero-order chi connectivity index (χ0) is 22.3. The Bertz CT molecular complexity index is 1230. The summed E-state index contributed by atoms with van der Waals surface area (Å²) < 4.78 is 11.3. The molecule has 0 bridgehead atoms. The third kappa shape index (κ3) is 5.80. The van der Waals surface area contributed by atoms with Crippen LogP contribution in [0.5, 0.6) is 5.75 Å². The first-order valence-corrected chi connectivity index (χ1v) is 11.3. The number of H-pyrrole nitrogens is 2. The summed E-state index contributed by atoms with van der Waals surface area (Å²) in [6, 6.07) is 18.6. The van der Waals surface area contributed by atoms with Crippen LogP contribution in [0.3, 0.4) is 0 Å². The molecule has 0 saturated carbocycles. The minimum atomic E-state index is 0.693. The molecule has 1 saturated heterocycles. The van der Waals surface area contributed by atoms with Gasteiger partial charge < -0.3 is 14.5 Å². The molecule has 6 heteroatoms. The number of ether oxygens (including phenoxy) is 2. The van der Waals surface area contributed by atoms with Crippen LogP contribution in [0.2, 0.25) is 0 Å². The van der Waals surface area contributed by atoms with E-state index in [1.807, 2.05) is 36.5 Å². The number of aromatic nitrogens is 3. The Balaban J connectivity index is 1.13. The van der Waals surface area contributed by atoms with Crippen molar-refractivity contribution in [2.45, 2.75) is 0 Å². The third-order valence-electron chi connectivity index (χ3n) is 5.76. The van der Waals surface area contributed by atoms with Gasteiger partial charge in [0.25, 0.3) is 0 Å². The van der Waals surface area contributed by atoms with E-state index in [4.69, 9.17) is 9.47 Å². The molecule has 1 aliphatic heterocycles. The summed E-state index contributed by atoms with van der Waals surface area (Å²) in [6.45, 7) is 5.24. The first kappa shape index (κ1) is 21.2. The van der Waals surface area contributed by atoms with Crippen LogP contribution in [0, 0.1) is 0 Å². The maximum Gasteiger partial charge on any atom is 0.119 e. The van der Waals surface area contributed by atoms with E-state index < -0.39 is 0 Å². The van der Waals surface area contributed by atoms with E-state index in [1.54, 1.807) is 0 Å². The molecule has 0 radical (unpaired) electrons. The SMILES string of the molecule is C(=C\c1cc(/C=C/c2ccc3cc[nH]c3c2)n[nH]1)/c1ccc(OCCN2CCOCC2)cc1. The quantitative estimate of drug-likeness (QED) is 0.407. The molecule has 1 fully saturated rings. The van der Waals surface area contributed by atoms with Crippen molar-refractivity contribution in [2.24, 2.45) is 0 Å². The van der Waals surface area contributed by atoms with Gasteiger partial charge in [0.2, 0.25) is 0 Å². The molecule has 2 aromatic carbocycles. The predicted molar refractivity (Wildman–Crippen MR) is 134 cm³/mol. The van der Waals surface area contributed by atoms with Crippen molar-refractivity contribution < 1.29 is 9.47 Å². The molecule has 2 N–H and O–H groups in total. The van der Waals surface area contributed by atoms with E-state index >= 15 is 0 Å². The second kappa shape index (κ2) is 10.3. The molecular formula is C27H28N4O2. The van der Waals surface area contributed by atoms with Crippen LogP contribution in [0.15, 0.2) is 60.8 Å². The average molecular weight is 441 g/mol. The molecule has 5 rings (SSSR count). The fourth-order valence-corrected chi connectivity index (χ4v) is 3.85. The van der Waals surface area contributed by atoms with Crippen molar-refractivity contribution >= 4 is 35.2 Å². The summed E-state index contributed by atoms with van der Waals surface area (Å²) in [5.74, 6) is 0.895. The highest BCUT2D eigenvalue weighted by Crippen LogP contribution is 2.17. The van der Waals surface area contributed by atoms with E-state index in [0.29, 0.717) is 6.61 Å². The number of fused-ring (bicyclic) bond motifs is 1. The molecule has 0 aliphatic carbocycles. The van der Waals surface area contributed by atoms with Crippen LogP contribution in [0.25, 0.3) is 35.2 Å². The van der Waals surface area contributed by atoms with Gasteiger partial charge in [-0.1, -0.05) is 36.4 Å². The van der Waals surface area contributed by atoms with Crippen LogP contribution in [-0.4, -0.2) is 59.5 Å². The standard InChI is InChI=1S/C27H28N4O2/c1-6-23-11-12-28-27(23)19-22(1)3-8-25-20-24(29-30-25)7-2-21-4-9-26(10-5-21)33-18-15-31-13-16-32-17-14-31/h1-12,19-20,28H,13-18H2,(H,29,30)/b7-2+,8-3+. The number of aromatic amines is 2. The summed E-state index contributed by atoms with van der Waals surface area (Å²) in [5, 5.41) is 8.67. The lowest BCUT2D eigenvalue weighted by molar-refractivity contribution is 0.0322. The topological polar surface area (TPSA) is 66.2 Å². The second-order valence-electron chi connectivity index (χ2n) is 8.11. The van der Waals surface area contributed by atoms with Gasteiger partial charge in [0.15, 0.2) is 0 Å². The number of morpholine rings is 1. The summed E-state index contributed by atoms with van der Waals surface area (Å²) in [7, 11) is 0. The zero-order valence-corrected chi connectivity index (χ0v) is 18.5. The lowest BCUT2D eigenvalue weighted by Gasteiger charge is -2.26. The Kier molecular flexibility index (Phi) is 6.66. The minimum absolute atomic E-state index is 0.693. The molecule has 3 heterocycles. The lowest BCUT2D eigenvalue weighted by Crippen LogP contribution is -2.38. The molecule has 6 nitrogen and oxygen atoms in total. The monoisotopic (exact) mass is 440 g/mol. The van der Waals surface area contributed by atoms with Gasteiger partial charge in [-0.15, -0.1) is 0 Å². The Morgan fingerprint density at radius 2 is 1.73 bits per heavy atom. The second-order valence-corrected chi connectivity index (χ2v) is 8.11. The van der Waals surface area contributed by atoms with Gasteiger partial charge in [-0.2, -0.15) is 5.10 Å². The highest BCUT2D eigenvalue weighted by Gasteiger charge is 2.09. The molecule has 0 unspecified atom stereocenters. The van der Waals surface area contributed by atoms with Crippen molar-refractivity contribution in [1.29, 1.82) is 0 Å². The molecular weight excluding hydrogens is 412 g/mol. The normalized spacial score (nSPS) is 15.2. The van der Waals surface area contributed by atoms with Crippen LogP contribution in [0.4, 0.5) is 0 Å². The highest BCUT2D eigenvalue weighted by molar-refractivity contribution is 5.83. The minimum Gasteiger partial charge on any atom is -0.492 e. The largest absolute Gasteiger partial charge is 0.492 e. The van der Waals surface area contributed by atoms with Crippen molar-refractivity contribution in [1.82, 2.24) is 20.1 Å². The van der Waals surface area contributed by atoms with Gasteiger partial charge in [-0.05, 0) is 59.0 Å². The summed E-state index contributed by atoms with van der Waals surface area (Å²) >= 11 is 0. The first-order chi connectivity index (χ1) is 16.3. The van der Waals surface area contributed by atoms with Crippen LogP contribution >= 0.6 is 0 Å². The number of nitrogens with zero attached hydrogens (tertiary/aromatic N) is 2. The maximum atomic E-state index is 5.88. The van der Waals surface area contributed by atoms with E-state index in [9.17, 15) is 0 Å².